The highest BCUT2D eigenvalue weighted by molar-refractivity contribution is 5.16. The lowest BCUT2D eigenvalue weighted by Crippen LogP contribution is -2.12. The molecule has 2 nitrogen and oxygen atoms in total. The minimum atomic E-state index is 0.199. The molecular weight excluding hydrogens is 200 g/mol. The summed E-state index contributed by atoms with van der Waals surface area (Å²) in [4.78, 5) is 0. The Bertz CT molecular complexity index is 243. The molecule has 1 N–H and O–H groups in total. The number of allylic oxidation sites excluding steroid dienone is 3. The molecule has 16 heavy (non-hydrogen) atoms. The number of hydrogen-bond acceptors (Lipinski definition) is 2. The molecule has 92 valence electrons. The van der Waals surface area contributed by atoms with Crippen LogP contribution in [0.4, 0.5) is 0 Å². The van der Waals surface area contributed by atoms with Crippen LogP contribution in [0.5, 0.6) is 0 Å². The summed E-state index contributed by atoms with van der Waals surface area (Å²) in [5.74, 6) is 1.29. The second kappa shape index (κ2) is 7.64. The molecule has 0 fully saturated rings. The van der Waals surface area contributed by atoms with Gasteiger partial charge in [-0.1, -0.05) is 25.2 Å². The van der Waals surface area contributed by atoms with Crippen molar-refractivity contribution < 1.29 is 9.84 Å². The van der Waals surface area contributed by atoms with Crippen LogP contribution in [-0.4, -0.2) is 24.9 Å². The Kier molecular flexibility index (Phi) is 6.43. The number of ether oxygens (including phenoxy) is 1. The average Bonchev–Trinajstić information content (AvgIpc) is 2.54. The third-order valence-corrected chi connectivity index (χ3v) is 3.34. The van der Waals surface area contributed by atoms with Crippen LogP contribution in [-0.2, 0) is 4.74 Å². The molecule has 1 rings (SSSR count). The summed E-state index contributed by atoms with van der Waals surface area (Å²) in [6.45, 7) is 6.20. The van der Waals surface area contributed by atoms with Gasteiger partial charge in [-0.3, -0.25) is 0 Å². The minimum Gasteiger partial charge on any atom is -0.392 e. The highest BCUT2D eigenvalue weighted by Crippen LogP contribution is 2.26. The summed E-state index contributed by atoms with van der Waals surface area (Å²) in [5.41, 5.74) is 1.15. The Morgan fingerprint density at radius 1 is 1.56 bits per heavy atom. The lowest BCUT2D eigenvalue weighted by Gasteiger charge is -2.20. The first-order valence-corrected chi connectivity index (χ1v) is 6.32. The Morgan fingerprint density at radius 3 is 3.06 bits per heavy atom. The van der Waals surface area contributed by atoms with Crippen molar-refractivity contribution in [2.24, 2.45) is 11.8 Å². The fourth-order valence-corrected chi connectivity index (χ4v) is 2.10. The van der Waals surface area contributed by atoms with Crippen LogP contribution in [0, 0.1) is 11.8 Å². The second-order valence-electron chi connectivity index (χ2n) is 4.53. The molecule has 0 bridgehead atoms. The summed E-state index contributed by atoms with van der Waals surface area (Å²) in [6.07, 6.45) is 9.72. The summed E-state index contributed by atoms with van der Waals surface area (Å²) in [5, 5.41) is 9.09. The van der Waals surface area contributed by atoms with E-state index in [1.54, 1.807) is 0 Å². The Balaban J connectivity index is 2.33. The van der Waals surface area contributed by atoms with Crippen molar-refractivity contribution in [2.75, 3.05) is 19.8 Å². The monoisotopic (exact) mass is 224 g/mol. The Hall–Kier alpha value is -0.600. The van der Waals surface area contributed by atoms with Crippen molar-refractivity contribution in [1.82, 2.24) is 0 Å². The second-order valence-corrected chi connectivity index (χ2v) is 4.53. The van der Waals surface area contributed by atoms with Crippen LogP contribution in [0.1, 0.15) is 33.1 Å². The van der Waals surface area contributed by atoms with Crippen molar-refractivity contribution in [2.45, 2.75) is 33.1 Å². The summed E-state index contributed by atoms with van der Waals surface area (Å²) >= 11 is 0. The van der Waals surface area contributed by atoms with Gasteiger partial charge >= 0.3 is 0 Å². The van der Waals surface area contributed by atoms with E-state index in [0.717, 1.165) is 38.0 Å². The number of hydrogen-bond donors (Lipinski definition) is 1. The maximum Gasteiger partial charge on any atom is 0.0644 e. The molecule has 1 unspecified atom stereocenters. The predicted octanol–water partition coefficient (Wildman–Crippen LogP) is 2.93. The lowest BCUT2D eigenvalue weighted by atomic mass is 9.87. The Labute approximate surface area is 99.0 Å². The van der Waals surface area contributed by atoms with Gasteiger partial charge in [0, 0.05) is 13.2 Å². The van der Waals surface area contributed by atoms with Gasteiger partial charge in [0.1, 0.15) is 0 Å². The molecule has 0 aromatic heterocycles. The quantitative estimate of drug-likeness (QED) is 0.703. The van der Waals surface area contributed by atoms with Crippen LogP contribution in [0.25, 0.3) is 0 Å². The zero-order chi connectivity index (χ0) is 11.8. The van der Waals surface area contributed by atoms with E-state index in [4.69, 9.17) is 9.84 Å². The van der Waals surface area contributed by atoms with Crippen LogP contribution < -0.4 is 0 Å². The summed E-state index contributed by atoms with van der Waals surface area (Å²) < 4.78 is 5.39. The van der Waals surface area contributed by atoms with Crippen molar-refractivity contribution in [3.8, 4) is 0 Å². The van der Waals surface area contributed by atoms with Crippen molar-refractivity contribution >= 4 is 0 Å². The first kappa shape index (κ1) is 13.5. The molecule has 0 radical (unpaired) electrons. The zero-order valence-corrected chi connectivity index (χ0v) is 10.5. The smallest absolute Gasteiger partial charge is 0.0644 e. The zero-order valence-electron chi connectivity index (χ0n) is 10.5. The highest BCUT2D eigenvalue weighted by atomic mass is 16.5. The third-order valence-electron chi connectivity index (χ3n) is 3.34. The summed E-state index contributed by atoms with van der Waals surface area (Å²) in [7, 11) is 0. The van der Waals surface area contributed by atoms with E-state index in [-0.39, 0.29) is 6.61 Å². The van der Waals surface area contributed by atoms with Gasteiger partial charge in [0.05, 0.1) is 6.61 Å². The van der Waals surface area contributed by atoms with Gasteiger partial charge in [-0.15, -0.1) is 0 Å². The summed E-state index contributed by atoms with van der Waals surface area (Å²) in [6, 6.07) is 0. The van der Waals surface area contributed by atoms with E-state index in [1.165, 1.54) is 0 Å². The van der Waals surface area contributed by atoms with Crippen molar-refractivity contribution in [3.63, 3.8) is 0 Å². The van der Waals surface area contributed by atoms with Crippen LogP contribution in [0.15, 0.2) is 23.8 Å². The standard InChI is InChI=1S/C14H24O2/c1-3-16-10-9-12(2)14-6-4-5-13(11-15)7-8-14/h4-6,12,14-15H,3,7-11H2,1-2H3/t12?,14-/m1/s1. The van der Waals surface area contributed by atoms with Gasteiger partial charge in [-0.25, -0.2) is 0 Å². The first-order valence-electron chi connectivity index (χ1n) is 6.32. The van der Waals surface area contributed by atoms with E-state index >= 15 is 0 Å². The average molecular weight is 224 g/mol. The van der Waals surface area contributed by atoms with E-state index in [2.05, 4.69) is 25.2 Å². The molecule has 0 heterocycles. The van der Waals surface area contributed by atoms with E-state index in [1.807, 2.05) is 6.92 Å². The van der Waals surface area contributed by atoms with Crippen LogP contribution in [0.3, 0.4) is 0 Å². The Morgan fingerprint density at radius 2 is 2.38 bits per heavy atom. The molecule has 1 aliphatic carbocycles. The first-order chi connectivity index (χ1) is 7.77. The normalized spacial score (nSPS) is 22.7. The largest absolute Gasteiger partial charge is 0.392 e. The molecule has 2 heteroatoms. The fourth-order valence-electron chi connectivity index (χ4n) is 2.10. The minimum absolute atomic E-state index is 0.199. The topological polar surface area (TPSA) is 29.5 Å². The molecule has 0 aliphatic heterocycles. The van der Waals surface area contributed by atoms with E-state index in [0.29, 0.717) is 11.8 Å². The van der Waals surface area contributed by atoms with Crippen molar-refractivity contribution in [1.29, 1.82) is 0 Å². The van der Waals surface area contributed by atoms with Crippen molar-refractivity contribution in [3.05, 3.63) is 23.8 Å². The van der Waals surface area contributed by atoms with E-state index in [9.17, 15) is 0 Å². The number of aliphatic hydroxyl groups excluding tert-OH is 1. The molecule has 0 amide bonds. The molecule has 0 aromatic rings. The maximum atomic E-state index is 9.09. The van der Waals surface area contributed by atoms with Gasteiger partial charge in [-0.2, -0.15) is 0 Å². The number of aliphatic hydroxyl groups is 1. The number of rotatable bonds is 6. The van der Waals surface area contributed by atoms with Gasteiger partial charge in [0.25, 0.3) is 0 Å². The fraction of sp³-hybridized carbons (Fsp3) is 0.714. The molecule has 1 aliphatic rings. The SMILES string of the molecule is CCOCCC(C)[C@@H]1C=CC=C(CO)CC1. The maximum absolute atomic E-state index is 9.09. The molecular formula is C14H24O2. The molecule has 0 saturated carbocycles. The lowest BCUT2D eigenvalue weighted by molar-refractivity contribution is 0.127. The third kappa shape index (κ3) is 4.50. The molecule has 2 atom stereocenters. The van der Waals surface area contributed by atoms with Gasteiger partial charge in [0.2, 0.25) is 0 Å². The predicted molar refractivity (Wildman–Crippen MR) is 67.3 cm³/mol. The molecule has 0 spiro atoms. The van der Waals surface area contributed by atoms with Gasteiger partial charge < -0.3 is 9.84 Å². The molecule has 0 saturated heterocycles. The van der Waals surface area contributed by atoms with Crippen LogP contribution >= 0.6 is 0 Å². The van der Waals surface area contributed by atoms with Gasteiger partial charge in [-0.05, 0) is 43.6 Å². The highest BCUT2D eigenvalue weighted by Gasteiger charge is 2.16. The van der Waals surface area contributed by atoms with Gasteiger partial charge in [0.15, 0.2) is 0 Å². The molecule has 0 aromatic carbocycles. The van der Waals surface area contributed by atoms with E-state index < -0.39 is 0 Å². The van der Waals surface area contributed by atoms with Crippen LogP contribution in [0.2, 0.25) is 0 Å².